The fourth-order valence-electron chi connectivity index (χ4n) is 4.62. The zero-order chi connectivity index (χ0) is 21.3. The van der Waals surface area contributed by atoms with Gasteiger partial charge in [-0.1, -0.05) is 0 Å². The summed E-state index contributed by atoms with van der Waals surface area (Å²) in [5, 5.41) is 22.2. The minimum atomic E-state index is -0.816. The number of hydrogen-bond acceptors (Lipinski definition) is 6. The first-order valence-corrected chi connectivity index (χ1v) is 10.9. The van der Waals surface area contributed by atoms with Gasteiger partial charge < -0.3 is 24.6 Å². The van der Waals surface area contributed by atoms with Gasteiger partial charge in [-0.3, -0.25) is 9.69 Å². The maximum Gasteiger partial charge on any atom is 0.246 e. The predicted octanol–water partition coefficient (Wildman–Crippen LogP) is 2.32. The molecule has 30 heavy (non-hydrogen) atoms. The Balaban J connectivity index is 1.65. The average Bonchev–Trinajstić information content (AvgIpc) is 2.75. The molecule has 2 fully saturated rings. The van der Waals surface area contributed by atoms with Crippen LogP contribution in [0, 0.1) is 0 Å². The molecule has 7 heteroatoms. The number of phenols is 1. The van der Waals surface area contributed by atoms with Crippen LogP contribution < -0.4 is 4.74 Å². The summed E-state index contributed by atoms with van der Waals surface area (Å²) in [7, 11) is 0. The number of benzene rings is 1. The number of rotatable bonds is 3. The van der Waals surface area contributed by atoms with Gasteiger partial charge in [-0.25, -0.2) is 0 Å². The molecule has 7 nitrogen and oxygen atoms in total. The highest BCUT2D eigenvalue weighted by molar-refractivity contribution is 5.92. The van der Waals surface area contributed by atoms with Crippen molar-refractivity contribution in [2.75, 3.05) is 39.4 Å². The number of aromatic hydroxyl groups is 1. The highest BCUT2D eigenvalue weighted by Gasteiger charge is 2.47. The third kappa shape index (κ3) is 4.06. The summed E-state index contributed by atoms with van der Waals surface area (Å²) >= 11 is 0. The monoisotopic (exact) mass is 416 g/mol. The highest BCUT2D eigenvalue weighted by Crippen LogP contribution is 2.48. The number of piperidine rings is 1. The average molecular weight is 417 g/mol. The number of aliphatic hydroxyl groups excluding tert-OH is 1. The Hall–Kier alpha value is -2.09. The van der Waals surface area contributed by atoms with Crippen molar-refractivity contribution in [1.82, 2.24) is 9.80 Å². The Morgan fingerprint density at radius 3 is 2.53 bits per heavy atom. The van der Waals surface area contributed by atoms with Crippen LogP contribution in [0.3, 0.4) is 0 Å². The van der Waals surface area contributed by atoms with E-state index in [4.69, 9.17) is 9.47 Å². The van der Waals surface area contributed by atoms with E-state index in [-0.39, 0.29) is 11.7 Å². The van der Waals surface area contributed by atoms with Gasteiger partial charge in [0.2, 0.25) is 5.91 Å². The van der Waals surface area contributed by atoms with E-state index in [1.807, 2.05) is 24.8 Å². The first-order valence-electron chi connectivity index (χ1n) is 10.9. The summed E-state index contributed by atoms with van der Waals surface area (Å²) < 4.78 is 11.5. The molecular formula is C23H32N2O5. The number of carbonyl (C=O) groups excluding carboxylic acids is 1. The summed E-state index contributed by atoms with van der Waals surface area (Å²) in [5.74, 6) is 0.592. The first-order chi connectivity index (χ1) is 14.4. The van der Waals surface area contributed by atoms with Crippen LogP contribution in [0.1, 0.15) is 50.3 Å². The van der Waals surface area contributed by atoms with Crippen LogP contribution in [0.4, 0.5) is 0 Å². The Kier molecular flexibility index (Phi) is 6.04. The molecule has 2 N–H and O–H groups in total. The molecule has 0 radical (unpaired) electrons. The topological polar surface area (TPSA) is 82.5 Å². The van der Waals surface area contributed by atoms with Crippen molar-refractivity contribution in [3.05, 3.63) is 29.3 Å². The number of amides is 1. The molecule has 3 aliphatic heterocycles. The highest BCUT2D eigenvalue weighted by atomic mass is 16.5. The second kappa shape index (κ2) is 8.57. The van der Waals surface area contributed by atoms with E-state index in [2.05, 4.69) is 4.90 Å². The summed E-state index contributed by atoms with van der Waals surface area (Å²) in [4.78, 5) is 16.5. The Bertz CT molecular complexity index is 810. The van der Waals surface area contributed by atoms with Gasteiger partial charge in [-0.15, -0.1) is 0 Å². The third-order valence-corrected chi connectivity index (χ3v) is 6.40. The molecule has 3 aliphatic rings. The lowest BCUT2D eigenvalue weighted by molar-refractivity contribution is -0.126. The number of aliphatic hydroxyl groups is 1. The molecule has 1 aromatic carbocycles. The Morgan fingerprint density at radius 2 is 1.83 bits per heavy atom. The lowest BCUT2D eigenvalue weighted by Crippen LogP contribution is -2.55. The van der Waals surface area contributed by atoms with E-state index < -0.39 is 17.7 Å². The number of nitrogens with zero attached hydrogens (tertiary/aromatic N) is 2. The van der Waals surface area contributed by atoms with Crippen LogP contribution in [-0.4, -0.2) is 77.0 Å². The number of likely N-dealkylation sites (tertiary alicyclic amines) is 1. The molecule has 0 bridgehead atoms. The zero-order valence-electron chi connectivity index (χ0n) is 17.8. The van der Waals surface area contributed by atoms with Crippen molar-refractivity contribution >= 4 is 12.0 Å². The standard InChI is InChI=1S/C23H32N2O5/c1-23(2)22(28)20(25-12-14-29-15-13-25)19-17(30-23)8-6-16(21(19)27)7-9-18(26)24-10-4-3-5-11-24/h6-9,20,22,27-28H,3-5,10-15H2,1-2H3/b9-7+/t20-,22-/m1/s1. The molecule has 2 atom stereocenters. The molecule has 3 heterocycles. The minimum Gasteiger partial charge on any atom is -0.507 e. The maximum absolute atomic E-state index is 12.5. The summed E-state index contributed by atoms with van der Waals surface area (Å²) in [6.07, 6.45) is 5.62. The van der Waals surface area contributed by atoms with Gasteiger partial charge in [0.1, 0.15) is 23.2 Å². The van der Waals surface area contributed by atoms with Gasteiger partial charge in [-0.2, -0.15) is 0 Å². The first kappa shape index (κ1) is 21.2. The minimum absolute atomic E-state index is 0.0334. The van der Waals surface area contributed by atoms with Gasteiger partial charge >= 0.3 is 0 Å². The number of ether oxygens (including phenoxy) is 2. The van der Waals surface area contributed by atoms with Gasteiger partial charge in [0.25, 0.3) is 0 Å². The van der Waals surface area contributed by atoms with E-state index in [1.54, 1.807) is 12.1 Å². The molecule has 0 saturated carbocycles. The van der Waals surface area contributed by atoms with Gasteiger partial charge in [0.15, 0.2) is 0 Å². The fraction of sp³-hybridized carbons (Fsp3) is 0.609. The molecular weight excluding hydrogens is 384 g/mol. The van der Waals surface area contributed by atoms with Crippen LogP contribution in [-0.2, 0) is 9.53 Å². The van der Waals surface area contributed by atoms with Crippen LogP contribution in [0.25, 0.3) is 6.08 Å². The van der Waals surface area contributed by atoms with Crippen molar-refractivity contribution < 1.29 is 24.5 Å². The van der Waals surface area contributed by atoms with E-state index in [9.17, 15) is 15.0 Å². The fourth-order valence-corrected chi connectivity index (χ4v) is 4.62. The summed E-state index contributed by atoms with van der Waals surface area (Å²) in [6.45, 7) is 7.80. The molecule has 1 aromatic rings. The Morgan fingerprint density at radius 1 is 1.13 bits per heavy atom. The number of phenolic OH excluding ortho intramolecular Hbond substituents is 1. The lowest BCUT2D eigenvalue weighted by Gasteiger charge is -2.47. The van der Waals surface area contributed by atoms with Crippen LogP contribution in [0.15, 0.2) is 18.2 Å². The van der Waals surface area contributed by atoms with Crippen molar-refractivity contribution in [2.45, 2.75) is 50.9 Å². The predicted molar refractivity (Wildman–Crippen MR) is 113 cm³/mol. The van der Waals surface area contributed by atoms with E-state index in [0.717, 1.165) is 25.9 Å². The summed E-state index contributed by atoms with van der Waals surface area (Å²) in [5.41, 5.74) is 0.341. The third-order valence-electron chi connectivity index (χ3n) is 6.40. The molecule has 0 unspecified atom stereocenters. The normalized spacial score (nSPS) is 27.0. The van der Waals surface area contributed by atoms with E-state index in [1.165, 1.54) is 12.5 Å². The van der Waals surface area contributed by atoms with Crippen LogP contribution in [0.5, 0.6) is 11.5 Å². The molecule has 1 amide bonds. The second-order valence-electron chi connectivity index (χ2n) is 8.88. The van der Waals surface area contributed by atoms with Gasteiger partial charge in [0, 0.05) is 37.8 Å². The Labute approximate surface area is 177 Å². The van der Waals surface area contributed by atoms with Gasteiger partial charge in [-0.05, 0) is 51.3 Å². The summed E-state index contributed by atoms with van der Waals surface area (Å²) in [6, 6.07) is 3.18. The molecule has 0 aliphatic carbocycles. The molecule has 0 spiro atoms. The van der Waals surface area contributed by atoms with Crippen molar-refractivity contribution in [2.24, 2.45) is 0 Å². The van der Waals surface area contributed by atoms with E-state index >= 15 is 0 Å². The van der Waals surface area contributed by atoms with Gasteiger partial charge in [0.05, 0.1) is 24.8 Å². The number of fused-ring (bicyclic) bond motifs is 1. The SMILES string of the molecule is CC1(C)Oc2ccc(/C=C/C(=O)N3CCCCC3)c(O)c2[C@@H](N2CCOCC2)[C@H]1O. The smallest absolute Gasteiger partial charge is 0.246 e. The molecule has 0 aromatic heterocycles. The molecule has 164 valence electrons. The molecule has 4 rings (SSSR count). The van der Waals surface area contributed by atoms with E-state index in [0.29, 0.717) is 43.2 Å². The zero-order valence-corrected chi connectivity index (χ0v) is 17.8. The molecule has 2 saturated heterocycles. The maximum atomic E-state index is 12.5. The van der Waals surface area contributed by atoms with Crippen LogP contribution in [0.2, 0.25) is 0 Å². The van der Waals surface area contributed by atoms with Crippen molar-refractivity contribution in [3.8, 4) is 11.5 Å². The quantitative estimate of drug-likeness (QED) is 0.736. The van der Waals surface area contributed by atoms with Crippen LogP contribution >= 0.6 is 0 Å². The largest absolute Gasteiger partial charge is 0.507 e. The van der Waals surface area contributed by atoms with Crippen molar-refractivity contribution in [3.63, 3.8) is 0 Å². The van der Waals surface area contributed by atoms with Crippen molar-refractivity contribution in [1.29, 1.82) is 0 Å². The number of carbonyl (C=O) groups is 1. The number of hydrogen-bond donors (Lipinski definition) is 2. The second-order valence-corrected chi connectivity index (χ2v) is 8.88. The lowest BCUT2D eigenvalue weighted by atomic mass is 9.84. The number of morpholine rings is 1.